The van der Waals surface area contributed by atoms with Crippen LogP contribution in [0.2, 0.25) is 0 Å². The molecule has 1 aliphatic heterocycles. The van der Waals surface area contributed by atoms with Crippen molar-refractivity contribution < 1.29 is 38.1 Å². The fraction of sp³-hybridized carbons (Fsp3) is 0.750. The molecule has 0 bridgehead atoms. The van der Waals surface area contributed by atoms with Gasteiger partial charge in [0.15, 0.2) is 28.6 Å². The van der Waals surface area contributed by atoms with Crippen LogP contribution in [0, 0.1) is 22.7 Å². The Morgan fingerprint density at radius 3 is 2.56 bits per heavy atom. The van der Waals surface area contributed by atoms with Crippen molar-refractivity contribution in [2.24, 2.45) is 22.7 Å². The molecule has 1 heterocycles. The molecule has 176 valence electrons. The molecule has 1 saturated heterocycles. The summed E-state index contributed by atoms with van der Waals surface area (Å²) >= 11 is 0. The zero-order valence-corrected chi connectivity index (χ0v) is 18.7. The van der Waals surface area contributed by atoms with E-state index in [0.29, 0.717) is 0 Å². The molecule has 5 aliphatic rings. The van der Waals surface area contributed by atoms with Gasteiger partial charge in [0.05, 0.1) is 12.2 Å². The quantitative estimate of drug-likeness (QED) is 0.668. The SMILES string of the molecule is CC1(C)O[C@@H]2C[C@H]3[C@@H]4C[C@H](F)C5=CC(=O)C=C[C@]5(C)[C@@]4(F)[C@H](O)C[C@]3(C)[C@]2(C(=O)CO)O1. The zero-order chi connectivity index (χ0) is 23.5. The van der Waals surface area contributed by atoms with Gasteiger partial charge < -0.3 is 19.7 Å². The zero-order valence-electron chi connectivity index (χ0n) is 18.7. The van der Waals surface area contributed by atoms with E-state index in [-0.39, 0.29) is 24.8 Å². The Balaban J connectivity index is 1.66. The minimum Gasteiger partial charge on any atom is -0.390 e. The van der Waals surface area contributed by atoms with Crippen molar-refractivity contribution in [3.8, 4) is 0 Å². The fourth-order valence-corrected chi connectivity index (χ4v) is 7.92. The predicted molar refractivity (Wildman–Crippen MR) is 109 cm³/mol. The first-order valence-electron chi connectivity index (χ1n) is 11.3. The number of fused-ring (bicyclic) bond motifs is 7. The first-order chi connectivity index (χ1) is 14.8. The fourth-order valence-electron chi connectivity index (χ4n) is 7.92. The molecule has 32 heavy (non-hydrogen) atoms. The van der Waals surface area contributed by atoms with Crippen LogP contribution in [-0.4, -0.2) is 63.8 Å². The van der Waals surface area contributed by atoms with E-state index in [2.05, 4.69) is 0 Å². The van der Waals surface area contributed by atoms with Gasteiger partial charge in [0.25, 0.3) is 0 Å². The van der Waals surface area contributed by atoms with Crippen molar-refractivity contribution in [2.75, 3.05) is 6.61 Å². The summed E-state index contributed by atoms with van der Waals surface area (Å²) in [6, 6.07) is 0. The third-order valence-electron chi connectivity index (χ3n) is 9.18. The third-order valence-corrected chi connectivity index (χ3v) is 9.18. The average molecular weight is 452 g/mol. The summed E-state index contributed by atoms with van der Waals surface area (Å²) in [4.78, 5) is 25.1. The molecular formula is C24H30F2O6. The molecule has 9 atom stereocenters. The maximum Gasteiger partial charge on any atom is 0.193 e. The van der Waals surface area contributed by atoms with Gasteiger partial charge in [-0.15, -0.1) is 0 Å². The van der Waals surface area contributed by atoms with Gasteiger partial charge in [-0.2, -0.15) is 0 Å². The number of allylic oxidation sites excluding steroid dienone is 4. The number of ether oxygens (including phenoxy) is 2. The molecule has 0 aromatic carbocycles. The molecule has 5 rings (SSSR count). The van der Waals surface area contributed by atoms with E-state index in [1.54, 1.807) is 20.8 Å². The number of aliphatic hydroxyl groups excluding tert-OH is 2. The van der Waals surface area contributed by atoms with E-state index in [1.165, 1.54) is 19.1 Å². The third kappa shape index (κ3) is 2.32. The van der Waals surface area contributed by atoms with Crippen LogP contribution in [0.5, 0.6) is 0 Å². The normalized spacial score (nSPS) is 53.2. The topological polar surface area (TPSA) is 93.1 Å². The Morgan fingerprint density at radius 2 is 1.91 bits per heavy atom. The lowest BCUT2D eigenvalue weighted by atomic mass is 9.44. The molecule has 8 heteroatoms. The van der Waals surface area contributed by atoms with Crippen LogP contribution in [0.4, 0.5) is 8.78 Å². The molecular weight excluding hydrogens is 422 g/mol. The van der Waals surface area contributed by atoms with Gasteiger partial charge in [0, 0.05) is 16.7 Å². The van der Waals surface area contributed by atoms with Gasteiger partial charge in [-0.05, 0) is 63.7 Å². The number of Topliss-reactive ketones (excluding diaryl/α,β-unsaturated/α-hetero) is 1. The first kappa shape index (κ1) is 22.3. The van der Waals surface area contributed by atoms with E-state index in [4.69, 9.17) is 9.47 Å². The summed E-state index contributed by atoms with van der Waals surface area (Å²) < 4.78 is 44.8. The maximum absolute atomic E-state index is 17.1. The van der Waals surface area contributed by atoms with Crippen molar-refractivity contribution in [1.29, 1.82) is 0 Å². The van der Waals surface area contributed by atoms with Crippen LogP contribution in [0.3, 0.4) is 0 Å². The first-order valence-corrected chi connectivity index (χ1v) is 11.3. The van der Waals surface area contributed by atoms with Gasteiger partial charge in [-0.3, -0.25) is 9.59 Å². The number of carbonyl (C=O) groups is 2. The monoisotopic (exact) mass is 452 g/mol. The van der Waals surface area contributed by atoms with E-state index in [1.807, 2.05) is 0 Å². The number of hydrogen-bond acceptors (Lipinski definition) is 6. The Bertz CT molecular complexity index is 960. The van der Waals surface area contributed by atoms with Crippen LogP contribution in [0.15, 0.2) is 23.8 Å². The minimum atomic E-state index is -2.24. The Hall–Kier alpha value is -1.48. The molecule has 0 aromatic rings. The highest BCUT2D eigenvalue weighted by molar-refractivity contribution is 6.01. The van der Waals surface area contributed by atoms with Crippen molar-refractivity contribution in [2.45, 2.75) is 82.4 Å². The highest BCUT2D eigenvalue weighted by atomic mass is 19.1. The molecule has 6 nitrogen and oxygen atoms in total. The van der Waals surface area contributed by atoms with Crippen molar-refractivity contribution >= 4 is 11.6 Å². The highest BCUT2D eigenvalue weighted by Gasteiger charge is 2.80. The molecule has 0 spiro atoms. The van der Waals surface area contributed by atoms with Crippen LogP contribution >= 0.6 is 0 Å². The van der Waals surface area contributed by atoms with E-state index < -0.39 is 76.3 Å². The minimum absolute atomic E-state index is 0.0550. The average Bonchev–Trinajstić information content (AvgIpc) is 3.11. The second-order valence-corrected chi connectivity index (χ2v) is 11.0. The van der Waals surface area contributed by atoms with Crippen LogP contribution in [-0.2, 0) is 19.1 Å². The number of alkyl halides is 2. The van der Waals surface area contributed by atoms with Crippen molar-refractivity contribution in [1.82, 2.24) is 0 Å². The van der Waals surface area contributed by atoms with Crippen LogP contribution in [0.25, 0.3) is 0 Å². The van der Waals surface area contributed by atoms with Crippen molar-refractivity contribution in [3.63, 3.8) is 0 Å². The smallest absolute Gasteiger partial charge is 0.193 e. The molecule has 0 radical (unpaired) electrons. The lowest BCUT2D eigenvalue weighted by Crippen LogP contribution is -2.71. The van der Waals surface area contributed by atoms with E-state index in [0.717, 1.165) is 6.08 Å². The number of ketones is 2. The summed E-state index contributed by atoms with van der Waals surface area (Å²) in [5.74, 6) is -3.53. The Labute approximate surface area is 185 Å². The summed E-state index contributed by atoms with van der Waals surface area (Å²) in [5, 5.41) is 21.1. The van der Waals surface area contributed by atoms with Gasteiger partial charge in [-0.25, -0.2) is 8.78 Å². The molecule has 0 amide bonds. The van der Waals surface area contributed by atoms with Crippen LogP contribution < -0.4 is 0 Å². The largest absolute Gasteiger partial charge is 0.390 e. The maximum atomic E-state index is 17.1. The highest BCUT2D eigenvalue weighted by Crippen LogP contribution is 2.72. The Morgan fingerprint density at radius 1 is 1.22 bits per heavy atom. The predicted octanol–water partition coefficient (Wildman–Crippen LogP) is 2.37. The number of carbonyl (C=O) groups excluding carboxylic acids is 2. The molecule has 2 N–H and O–H groups in total. The van der Waals surface area contributed by atoms with E-state index >= 15 is 8.78 Å². The van der Waals surface area contributed by atoms with Gasteiger partial charge in [-0.1, -0.05) is 13.0 Å². The molecule has 0 aromatic heterocycles. The second kappa shape index (κ2) is 6.34. The number of aliphatic hydroxyl groups is 2. The van der Waals surface area contributed by atoms with Gasteiger partial charge in [0.1, 0.15) is 12.8 Å². The van der Waals surface area contributed by atoms with Crippen molar-refractivity contribution in [3.05, 3.63) is 23.8 Å². The molecule has 4 aliphatic carbocycles. The van der Waals surface area contributed by atoms with Crippen LogP contribution in [0.1, 0.15) is 47.0 Å². The number of halogens is 2. The molecule has 0 unspecified atom stereocenters. The lowest BCUT2D eigenvalue weighted by molar-refractivity contribution is -0.248. The standard InChI is InChI=1S/C24H30F2O6/c1-20(2)31-19-9-13-14-8-16(25)15-7-12(28)5-6-21(15,3)23(14,26)17(29)10-22(13,4)24(19,32-20)18(30)11-27/h5-7,13-14,16-17,19,27,29H,8-11H2,1-4H3/t13-,14-,16-,17+,19+,21-,22-,23-,24+/m0/s1. The summed E-state index contributed by atoms with van der Waals surface area (Å²) in [6.45, 7) is 5.87. The Kier molecular flexibility index (Phi) is 4.42. The number of rotatable bonds is 2. The van der Waals surface area contributed by atoms with E-state index in [9.17, 15) is 19.8 Å². The number of hydrogen-bond donors (Lipinski definition) is 2. The van der Waals surface area contributed by atoms with Gasteiger partial charge in [0.2, 0.25) is 0 Å². The summed E-state index contributed by atoms with van der Waals surface area (Å²) in [7, 11) is 0. The lowest BCUT2D eigenvalue weighted by Gasteiger charge is -2.63. The summed E-state index contributed by atoms with van der Waals surface area (Å²) in [6.07, 6.45) is -0.151. The molecule has 4 fully saturated rings. The summed E-state index contributed by atoms with van der Waals surface area (Å²) in [5.41, 5.74) is -6.30. The van der Waals surface area contributed by atoms with Gasteiger partial charge >= 0.3 is 0 Å². The second-order valence-electron chi connectivity index (χ2n) is 11.0. The molecule has 3 saturated carbocycles.